The highest BCUT2D eigenvalue weighted by Gasteiger charge is 2.06. The van der Waals surface area contributed by atoms with E-state index in [-0.39, 0.29) is 5.75 Å². The number of ether oxygens (including phenoxy) is 1. The highest BCUT2D eigenvalue weighted by atomic mass is 16.5. The summed E-state index contributed by atoms with van der Waals surface area (Å²) in [4.78, 5) is 4.23. The maximum Gasteiger partial charge on any atom is 0.227 e. The maximum atomic E-state index is 9.59. The number of phenolic OH excluding ortho intramolecular Hbond substituents is 1. The zero-order valence-electron chi connectivity index (χ0n) is 10.8. The van der Waals surface area contributed by atoms with Crippen molar-refractivity contribution in [3.63, 3.8) is 0 Å². The Bertz CT molecular complexity index is 739. The Morgan fingerprint density at radius 3 is 2.60 bits per heavy atom. The molecule has 0 atom stereocenters. The molecule has 2 aromatic carbocycles. The van der Waals surface area contributed by atoms with Gasteiger partial charge in [0.05, 0.1) is 0 Å². The lowest BCUT2D eigenvalue weighted by Gasteiger charge is -2.08. The van der Waals surface area contributed by atoms with Crippen molar-refractivity contribution in [2.75, 3.05) is 0 Å². The fourth-order valence-corrected chi connectivity index (χ4v) is 2.02. The number of pyridine rings is 1. The van der Waals surface area contributed by atoms with Crippen LogP contribution in [0.5, 0.6) is 17.4 Å². The molecule has 3 N–H and O–H groups in total. The molecule has 0 saturated heterocycles. The largest absolute Gasteiger partial charge is 0.508 e. The van der Waals surface area contributed by atoms with Crippen LogP contribution in [0.1, 0.15) is 5.56 Å². The number of nitrogens with zero attached hydrogens (tertiary/aromatic N) is 1. The van der Waals surface area contributed by atoms with Crippen LogP contribution in [0.15, 0.2) is 54.7 Å². The van der Waals surface area contributed by atoms with Gasteiger partial charge in [0.2, 0.25) is 5.88 Å². The van der Waals surface area contributed by atoms with Gasteiger partial charge in [0.1, 0.15) is 11.5 Å². The number of hydrogen-bond donors (Lipinski definition) is 2. The van der Waals surface area contributed by atoms with E-state index in [2.05, 4.69) is 4.98 Å². The van der Waals surface area contributed by atoms with Crippen LogP contribution >= 0.6 is 0 Å². The van der Waals surface area contributed by atoms with Gasteiger partial charge in [-0.15, -0.1) is 0 Å². The van der Waals surface area contributed by atoms with Crippen LogP contribution in [-0.2, 0) is 6.54 Å². The van der Waals surface area contributed by atoms with E-state index in [4.69, 9.17) is 10.5 Å². The molecule has 0 saturated carbocycles. The van der Waals surface area contributed by atoms with Gasteiger partial charge < -0.3 is 15.6 Å². The summed E-state index contributed by atoms with van der Waals surface area (Å²) in [7, 11) is 0. The SMILES string of the molecule is NCc1ccc(Oc2nccc3ccc(O)cc23)cc1. The first-order valence-corrected chi connectivity index (χ1v) is 6.31. The highest BCUT2D eigenvalue weighted by Crippen LogP contribution is 2.30. The van der Waals surface area contributed by atoms with Crippen LogP contribution in [0.4, 0.5) is 0 Å². The monoisotopic (exact) mass is 266 g/mol. The number of nitrogens with two attached hydrogens (primary N) is 1. The summed E-state index contributed by atoms with van der Waals surface area (Å²) >= 11 is 0. The number of hydrogen-bond acceptors (Lipinski definition) is 4. The Hall–Kier alpha value is -2.59. The number of aromatic nitrogens is 1. The normalized spacial score (nSPS) is 10.7. The van der Waals surface area contributed by atoms with Gasteiger partial charge in [-0.1, -0.05) is 18.2 Å². The second kappa shape index (κ2) is 5.19. The zero-order valence-corrected chi connectivity index (χ0v) is 10.8. The number of phenols is 1. The molecule has 0 radical (unpaired) electrons. The lowest BCUT2D eigenvalue weighted by atomic mass is 10.1. The molecule has 1 heterocycles. The smallest absolute Gasteiger partial charge is 0.227 e. The standard InChI is InChI=1S/C16H14N2O2/c17-10-11-1-5-14(6-2-11)20-16-15-9-13(19)4-3-12(15)7-8-18-16/h1-9,19H,10,17H2. The van der Waals surface area contributed by atoms with Crippen molar-refractivity contribution in [3.8, 4) is 17.4 Å². The van der Waals surface area contributed by atoms with Gasteiger partial charge in [-0.05, 0) is 41.3 Å². The molecular formula is C16H14N2O2. The van der Waals surface area contributed by atoms with Crippen molar-refractivity contribution in [2.24, 2.45) is 5.73 Å². The van der Waals surface area contributed by atoms with Gasteiger partial charge in [-0.2, -0.15) is 0 Å². The Morgan fingerprint density at radius 2 is 1.85 bits per heavy atom. The molecule has 0 amide bonds. The van der Waals surface area contributed by atoms with E-state index in [9.17, 15) is 5.11 Å². The topological polar surface area (TPSA) is 68.4 Å². The fourth-order valence-electron chi connectivity index (χ4n) is 2.02. The second-order valence-corrected chi connectivity index (χ2v) is 4.47. The highest BCUT2D eigenvalue weighted by molar-refractivity contribution is 5.88. The number of rotatable bonds is 3. The molecule has 0 unspecified atom stereocenters. The van der Waals surface area contributed by atoms with Gasteiger partial charge in [-0.3, -0.25) is 0 Å². The van der Waals surface area contributed by atoms with Crippen molar-refractivity contribution in [1.29, 1.82) is 0 Å². The predicted octanol–water partition coefficient (Wildman–Crippen LogP) is 3.19. The molecule has 0 aliphatic carbocycles. The Balaban J connectivity index is 1.99. The summed E-state index contributed by atoms with van der Waals surface area (Å²) in [5.74, 6) is 1.35. The molecular weight excluding hydrogens is 252 g/mol. The third-order valence-electron chi connectivity index (χ3n) is 3.09. The lowest BCUT2D eigenvalue weighted by Crippen LogP contribution is -1.95. The molecule has 0 spiro atoms. The first-order valence-electron chi connectivity index (χ1n) is 6.31. The quantitative estimate of drug-likeness (QED) is 0.764. The Labute approximate surface area is 116 Å². The molecule has 0 aliphatic rings. The summed E-state index contributed by atoms with van der Waals surface area (Å²) in [5, 5.41) is 11.3. The summed E-state index contributed by atoms with van der Waals surface area (Å²) in [6, 6.07) is 14.5. The summed E-state index contributed by atoms with van der Waals surface area (Å²) < 4.78 is 5.78. The predicted molar refractivity (Wildman–Crippen MR) is 77.8 cm³/mol. The molecule has 0 bridgehead atoms. The average Bonchev–Trinajstić information content (AvgIpc) is 2.49. The van der Waals surface area contributed by atoms with Crippen molar-refractivity contribution in [3.05, 3.63) is 60.3 Å². The van der Waals surface area contributed by atoms with E-state index in [0.29, 0.717) is 18.2 Å². The fraction of sp³-hybridized carbons (Fsp3) is 0.0625. The summed E-state index contributed by atoms with van der Waals surface area (Å²) in [6.07, 6.45) is 1.68. The molecule has 3 rings (SSSR count). The van der Waals surface area contributed by atoms with Crippen molar-refractivity contribution in [1.82, 2.24) is 4.98 Å². The number of aromatic hydroxyl groups is 1. The summed E-state index contributed by atoms with van der Waals surface area (Å²) in [6.45, 7) is 0.501. The third-order valence-corrected chi connectivity index (χ3v) is 3.09. The molecule has 100 valence electrons. The van der Waals surface area contributed by atoms with Crippen LogP contribution in [0, 0.1) is 0 Å². The lowest BCUT2D eigenvalue weighted by molar-refractivity contribution is 0.465. The van der Waals surface area contributed by atoms with Crippen LogP contribution in [-0.4, -0.2) is 10.1 Å². The Morgan fingerprint density at radius 1 is 1.05 bits per heavy atom. The molecule has 3 aromatic rings. The third kappa shape index (κ3) is 2.41. The van der Waals surface area contributed by atoms with Crippen molar-refractivity contribution >= 4 is 10.8 Å². The van der Waals surface area contributed by atoms with E-state index >= 15 is 0 Å². The Kier molecular flexibility index (Phi) is 3.23. The molecule has 0 aliphatic heterocycles. The van der Waals surface area contributed by atoms with E-state index in [1.54, 1.807) is 18.3 Å². The zero-order chi connectivity index (χ0) is 13.9. The van der Waals surface area contributed by atoms with E-state index in [1.807, 2.05) is 36.4 Å². The van der Waals surface area contributed by atoms with Crippen LogP contribution in [0.25, 0.3) is 10.8 Å². The van der Waals surface area contributed by atoms with Gasteiger partial charge in [0, 0.05) is 18.1 Å². The second-order valence-electron chi connectivity index (χ2n) is 4.47. The van der Waals surface area contributed by atoms with Crippen LogP contribution < -0.4 is 10.5 Å². The first-order chi connectivity index (χ1) is 9.76. The van der Waals surface area contributed by atoms with Gasteiger partial charge in [0.25, 0.3) is 0 Å². The minimum atomic E-state index is 0.189. The molecule has 4 heteroatoms. The molecule has 4 nitrogen and oxygen atoms in total. The van der Waals surface area contributed by atoms with Crippen LogP contribution in [0.2, 0.25) is 0 Å². The minimum absolute atomic E-state index is 0.189. The number of benzene rings is 2. The molecule has 20 heavy (non-hydrogen) atoms. The van der Waals surface area contributed by atoms with Crippen LogP contribution in [0.3, 0.4) is 0 Å². The van der Waals surface area contributed by atoms with Gasteiger partial charge in [-0.25, -0.2) is 4.98 Å². The van der Waals surface area contributed by atoms with E-state index in [0.717, 1.165) is 16.3 Å². The number of fused-ring (bicyclic) bond motifs is 1. The molecule has 0 fully saturated rings. The van der Waals surface area contributed by atoms with E-state index < -0.39 is 0 Å². The van der Waals surface area contributed by atoms with Gasteiger partial charge >= 0.3 is 0 Å². The first kappa shape index (κ1) is 12.4. The van der Waals surface area contributed by atoms with E-state index in [1.165, 1.54) is 0 Å². The maximum absolute atomic E-state index is 9.59. The van der Waals surface area contributed by atoms with Crippen molar-refractivity contribution < 1.29 is 9.84 Å². The average molecular weight is 266 g/mol. The minimum Gasteiger partial charge on any atom is -0.508 e. The molecule has 1 aromatic heterocycles. The van der Waals surface area contributed by atoms with Crippen molar-refractivity contribution in [2.45, 2.75) is 6.54 Å². The summed E-state index contributed by atoms with van der Waals surface area (Å²) in [5.41, 5.74) is 6.61. The van der Waals surface area contributed by atoms with Gasteiger partial charge in [0.15, 0.2) is 0 Å².